The van der Waals surface area contributed by atoms with Gasteiger partial charge in [0, 0.05) is 17.1 Å². The monoisotopic (exact) mass is 593 g/mol. The summed E-state index contributed by atoms with van der Waals surface area (Å²) in [6, 6.07) is 48.0. The minimum absolute atomic E-state index is 0.154. The van der Waals surface area contributed by atoms with Gasteiger partial charge in [-0.1, -0.05) is 87.0 Å². The van der Waals surface area contributed by atoms with E-state index in [0.29, 0.717) is 0 Å². The normalized spacial score (nSPS) is 12.1. The lowest BCUT2D eigenvalue weighted by Gasteiger charge is -2.28. The fourth-order valence-corrected chi connectivity index (χ4v) is 7.11. The zero-order valence-electron chi connectivity index (χ0n) is 27.6. The van der Waals surface area contributed by atoms with Crippen molar-refractivity contribution in [2.75, 3.05) is 4.90 Å². The molecule has 46 heavy (non-hydrogen) atoms. The summed E-state index contributed by atoms with van der Waals surface area (Å²) in [5.41, 5.74) is 16.8. The zero-order valence-corrected chi connectivity index (χ0v) is 27.6. The average Bonchev–Trinajstić information content (AvgIpc) is 3.03. The Kier molecular flexibility index (Phi) is 6.44. The van der Waals surface area contributed by atoms with Gasteiger partial charge in [-0.15, -0.1) is 0 Å². The van der Waals surface area contributed by atoms with E-state index in [1.165, 1.54) is 94.2 Å². The van der Waals surface area contributed by atoms with E-state index in [-0.39, 0.29) is 5.41 Å². The molecule has 1 nitrogen and oxygen atoms in total. The molecule has 0 spiro atoms. The maximum absolute atomic E-state index is 2.40. The van der Waals surface area contributed by atoms with Gasteiger partial charge in [0.15, 0.2) is 0 Å². The number of rotatable bonds is 4. The molecule has 0 amide bonds. The third-order valence-electron chi connectivity index (χ3n) is 9.62. The van der Waals surface area contributed by atoms with Crippen molar-refractivity contribution < 1.29 is 0 Å². The van der Waals surface area contributed by atoms with E-state index in [0.717, 1.165) is 0 Å². The Morgan fingerprint density at radius 1 is 0.370 bits per heavy atom. The quantitative estimate of drug-likeness (QED) is 0.196. The van der Waals surface area contributed by atoms with Crippen LogP contribution in [0.5, 0.6) is 0 Å². The van der Waals surface area contributed by atoms with E-state index in [9.17, 15) is 0 Å². The molecule has 0 bridgehead atoms. The molecule has 8 rings (SSSR count). The van der Waals surface area contributed by atoms with Crippen LogP contribution >= 0.6 is 0 Å². The summed E-state index contributed by atoms with van der Waals surface area (Å²) < 4.78 is 0. The number of hydrogen-bond donors (Lipinski definition) is 0. The van der Waals surface area contributed by atoms with E-state index in [2.05, 4.69) is 174 Å². The Morgan fingerprint density at radius 3 is 1.46 bits per heavy atom. The second kappa shape index (κ2) is 10.5. The van der Waals surface area contributed by atoms with Crippen molar-refractivity contribution in [1.29, 1.82) is 0 Å². The number of benzene rings is 7. The summed E-state index contributed by atoms with van der Waals surface area (Å²) in [6.07, 6.45) is 0. The van der Waals surface area contributed by atoms with Crippen LogP contribution in [0.3, 0.4) is 0 Å². The molecule has 0 N–H and O–H groups in total. The van der Waals surface area contributed by atoms with Crippen LogP contribution in [0.2, 0.25) is 0 Å². The number of nitrogens with zero attached hydrogens (tertiary/aromatic N) is 1. The molecule has 0 saturated carbocycles. The van der Waals surface area contributed by atoms with Gasteiger partial charge in [0.1, 0.15) is 0 Å². The summed E-state index contributed by atoms with van der Waals surface area (Å²) in [4.78, 5) is 2.38. The summed E-state index contributed by atoms with van der Waals surface area (Å²) in [5.74, 6) is 0. The van der Waals surface area contributed by atoms with E-state index < -0.39 is 0 Å². The lowest BCUT2D eigenvalue weighted by atomic mass is 9.77. The van der Waals surface area contributed by atoms with Gasteiger partial charge in [-0.25, -0.2) is 0 Å². The summed E-state index contributed by atoms with van der Waals surface area (Å²) in [6.45, 7) is 13.3. The molecule has 1 aliphatic rings. The first-order valence-electron chi connectivity index (χ1n) is 16.3. The smallest absolute Gasteiger partial charge is 0.0468 e. The molecule has 0 radical (unpaired) electrons. The van der Waals surface area contributed by atoms with Crippen molar-refractivity contribution >= 4 is 38.6 Å². The van der Waals surface area contributed by atoms with Crippen molar-refractivity contribution in [2.24, 2.45) is 0 Å². The summed E-state index contributed by atoms with van der Waals surface area (Å²) in [7, 11) is 0. The van der Waals surface area contributed by atoms with Crippen LogP contribution in [-0.2, 0) is 5.41 Å². The van der Waals surface area contributed by atoms with Crippen molar-refractivity contribution in [3.63, 3.8) is 0 Å². The minimum Gasteiger partial charge on any atom is -0.310 e. The van der Waals surface area contributed by atoms with Crippen molar-refractivity contribution in [3.8, 4) is 33.4 Å². The van der Waals surface area contributed by atoms with E-state index in [4.69, 9.17) is 0 Å². The Bertz CT molecular complexity index is 2280. The molecule has 7 aromatic carbocycles. The number of hydrogen-bond acceptors (Lipinski definition) is 1. The molecule has 0 unspecified atom stereocenters. The number of fused-ring (bicyclic) bond motifs is 6. The van der Waals surface area contributed by atoms with Gasteiger partial charge in [-0.05, 0) is 165 Å². The van der Waals surface area contributed by atoms with Crippen LogP contribution in [0.1, 0.15) is 43.0 Å². The highest BCUT2D eigenvalue weighted by molar-refractivity contribution is 6.12. The van der Waals surface area contributed by atoms with Gasteiger partial charge in [-0.3, -0.25) is 0 Å². The van der Waals surface area contributed by atoms with Gasteiger partial charge in [0.25, 0.3) is 0 Å². The highest BCUT2D eigenvalue weighted by Gasteiger charge is 2.24. The van der Waals surface area contributed by atoms with E-state index in [1.54, 1.807) is 0 Å². The molecule has 7 aromatic rings. The molecule has 224 valence electrons. The Labute approximate surface area is 272 Å². The lowest BCUT2D eigenvalue weighted by Crippen LogP contribution is -2.10. The van der Waals surface area contributed by atoms with Crippen LogP contribution in [0.15, 0.2) is 127 Å². The first kappa shape index (κ1) is 28.3. The summed E-state index contributed by atoms with van der Waals surface area (Å²) >= 11 is 0. The van der Waals surface area contributed by atoms with E-state index >= 15 is 0 Å². The maximum atomic E-state index is 2.40. The average molecular weight is 594 g/mol. The van der Waals surface area contributed by atoms with Crippen LogP contribution in [0, 0.1) is 20.8 Å². The first-order valence-corrected chi connectivity index (χ1v) is 16.3. The Hall–Kier alpha value is -5.14. The molecule has 0 fully saturated rings. The Balaban J connectivity index is 1.19. The highest BCUT2D eigenvalue weighted by Crippen LogP contribution is 2.51. The van der Waals surface area contributed by atoms with Gasteiger partial charge in [0.2, 0.25) is 0 Å². The van der Waals surface area contributed by atoms with E-state index in [1.807, 2.05) is 0 Å². The topological polar surface area (TPSA) is 3.24 Å². The minimum atomic E-state index is 0.154. The van der Waals surface area contributed by atoms with Gasteiger partial charge in [-0.2, -0.15) is 0 Å². The van der Waals surface area contributed by atoms with Crippen molar-refractivity contribution in [1.82, 2.24) is 0 Å². The van der Waals surface area contributed by atoms with Crippen molar-refractivity contribution in [2.45, 2.75) is 47.0 Å². The molecule has 0 atom stereocenters. The van der Waals surface area contributed by atoms with Crippen LogP contribution in [0.4, 0.5) is 17.1 Å². The summed E-state index contributed by atoms with van der Waals surface area (Å²) in [5, 5.41) is 5.11. The molecular formula is C45H39N. The lowest BCUT2D eigenvalue weighted by molar-refractivity contribution is 0.590. The highest BCUT2D eigenvalue weighted by atomic mass is 15.1. The maximum Gasteiger partial charge on any atom is 0.0468 e. The standard InChI is InChI=1S/C45H39N/c1-28-7-16-38(17-8-28)46(40-20-29(2)19-30(3)21-40)39-18-13-34-25-42-41-24-33-10-9-32(31-11-14-37(15-12-31)45(4,5)6)22-35(33)26-43(41)44(42)27-36(34)23-39/h7-27H,1-6H3. The second-order valence-electron chi connectivity index (χ2n) is 14.2. The molecule has 0 aromatic heterocycles. The third kappa shape index (κ3) is 4.88. The predicted molar refractivity (Wildman–Crippen MR) is 199 cm³/mol. The molecule has 0 saturated heterocycles. The molecule has 0 heterocycles. The van der Waals surface area contributed by atoms with Crippen molar-refractivity contribution in [3.05, 3.63) is 150 Å². The number of anilines is 3. The third-order valence-corrected chi connectivity index (χ3v) is 9.62. The zero-order chi connectivity index (χ0) is 31.7. The van der Waals surface area contributed by atoms with Gasteiger partial charge < -0.3 is 4.90 Å². The fourth-order valence-electron chi connectivity index (χ4n) is 7.11. The predicted octanol–water partition coefficient (Wildman–Crippen LogP) is 13.0. The van der Waals surface area contributed by atoms with Crippen LogP contribution < -0.4 is 4.90 Å². The number of aryl methyl sites for hydroxylation is 3. The van der Waals surface area contributed by atoms with Gasteiger partial charge in [0.05, 0.1) is 0 Å². The second-order valence-corrected chi connectivity index (χ2v) is 14.2. The molecular weight excluding hydrogens is 555 g/mol. The van der Waals surface area contributed by atoms with Crippen LogP contribution in [0.25, 0.3) is 54.9 Å². The molecule has 0 aliphatic heterocycles. The Morgan fingerprint density at radius 2 is 0.870 bits per heavy atom. The largest absolute Gasteiger partial charge is 0.310 e. The molecule has 1 aliphatic carbocycles. The molecule has 1 heteroatoms. The fraction of sp³-hybridized carbons (Fsp3) is 0.156. The van der Waals surface area contributed by atoms with Crippen LogP contribution in [-0.4, -0.2) is 0 Å². The SMILES string of the molecule is Cc1ccc(N(c2cc(C)cc(C)c2)c2ccc3cc4c(cc3c2)-c2cc3cc(-c5ccc(C(C)(C)C)cc5)ccc3cc2-4)cc1. The van der Waals surface area contributed by atoms with Gasteiger partial charge >= 0.3 is 0 Å². The first-order chi connectivity index (χ1) is 22.1.